The predicted octanol–water partition coefficient (Wildman–Crippen LogP) is 1.70. The number of rotatable bonds is 4. The predicted molar refractivity (Wildman–Crippen MR) is 66.6 cm³/mol. The zero-order valence-electron chi connectivity index (χ0n) is 9.97. The molecular formula is C12H13N5O. The van der Waals surface area contributed by atoms with Crippen molar-refractivity contribution in [2.45, 2.75) is 19.9 Å². The molecule has 92 valence electrons. The Kier molecular flexibility index (Phi) is 3.44. The summed E-state index contributed by atoms with van der Waals surface area (Å²) >= 11 is 0. The summed E-state index contributed by atoms with van der Waals surface area (Å²) in [6, 6.07) is 3.55. The number of nitrogens with one attached hydrogen (secondary N) is 1. The minimum Gasteiger partial charge on any atom is -0.444 e. The van der Waals surface area contributed by atoms with E-state index in [2.05, 4.69) is 15.3 Å². The van der Waals surface area contributed by atoms with Gasteiger partial charge in [-0.05, 0) is 6.07 Å². The smallest absolute Gasteiger partial charge is 0.213 e. The Bertz CT molecular complexity index is 584. The molecule has 0 saturated carbocycles. The summed E-state index contributed by atoms with van der Waals surface area (Å²) in [6.45, 7) is 2.40. The maximum Gasteiger partial charge on any atom is 0.213 e. The largest absolute Gasteiger partial charge is 0.444 e. The molecule has 0 aliphatic heterocycles. The van der Waals surface area contributed by atoms with Crippen molar-refractivity contribution < 1.29 is 4.42 Å². The van der Waals surface area contributed by atoms with Gasteiger partial charge < -0.3 is 15.5 Å². The summed E-state index contributed by atoms with van der Waals surface area (Å²) in [4.78, 5) is 8.18. The van der Waals surface area contributed by atoms with Gasteiger partial charge in [-0.25, -0.2) is 9.97 Å². The third-order valence-electron chi connectivity index (χ3n) is 2.40. The fraction of sp³-hybridized carbons (Fsp3) is 0.250. The second-order valence-electron chi connectivity index (χ2n) is 3.70. The Labute approximate surface area is 104 Å². The van der Waals surface area contributed by atoms with Gasteiger partial charge in [0.1, 0.15) is 17.6 Å². The Morgan fingerprint density at radius 1 is 1.44 bits per heavy atom. The van der Waals surface area contributed by atoms with Gasteiger partial charge in [-0.1, -0.05) is 6.92 Å². The van der Waals surface area contributed by atoms with E-state index in [9.17, 15) is 0 Å². The molecule has 18 heavy (non-hydrogen) atoms. The number of pyridine rings is 1. The number of nitrogens with two attached hydrogens (primary N) is 1. The molecular weight excluding hydrogens is 230 g/mol. The first-order valence-electron chi connectivity index (χ1n) is 5.56. The zero-order chi connectivity index (χ0) is 13.0. The van der Waals surface area contributed by atoms with Crippen LogP contribution in [0.15, 0.2) is 22.9 Å². The number of nitriles is 1. The summed E-state index contributed by atoms with van der Waals surface area (Å²) in [7, 11) is 0. The average molecular weight is 243 g/mol. The topological polar surface area (TPSA) is 101 Å². The lowest BCUT2D eigenvalue weighted by molar-refractivity contribution is 0.465. The van der Waals surface area contributed by atoms with Gasteiger partial charge in [0, 0.05) is 12.6 Å². The van der Waals surface area contributed by atoms with E-state index in [-0.39, 0.29) is 0 Å². The molecule has 0 aromatic carbocycles. The number of oxazole rings is 1. The maximum atomic E-state index is 8.70. The van der Waals surface area contributed by atoms with Crippen molar-refractivity contribution in [2.24, 2.45) is 0 Å². The van der Waals surface area contributed by atoms with Crippen LogP contribution in [0.2, 0.25) is 0 Å². The van der Waals surface area contributed by atoms with Crippen LogP contribution in [-0.2, 0) is 13.0 Å². The van der Waals surface area contributed by atoms with Crippen LogP contribution in [0.3, 0.4) is 0 Å². The number of hydrogen-bond donors (Lipinski definition) is 2. The second-order valence-corrected chi connectivity index (χ2v) is 3.70. The third-order valence-corrected chi connectivity index (χ3v) is 2.40. The summed E-state index contributed by atoms with van der Waals surface area (Å²) < 4.78 is 5.44. The van der Waals surface area contributed by atoms with Gasteiger partial charge in [-0.3, -0.25) is 0 Å². The molecule has 0 bridgehead atoms. The van der Waals surface area contributed by atoms with Crippen LogP contribution < -0.4 is 11.1 Å². The maximum absolute atomic E-state index is 8.70. The van der Waals surface area contributed by atoms with E-state index >= 15 is 0 Å². The molecule has 0 unspecified atom stereocenters. The van der Waals surface area contributed by atoms with Crippen molar-refractivity contribution in [3.63, 3.8) is 0 Å². The molecule has 0 aliphatic carbocycles. The van der Waals surface area contributed by atoms with Crippen LogP contribution in [0.25, 0.3) is 0 Å². The van der Waals surface area contributed by atoms with E-state index in [0.717, 1.165) is 12.2 Å². The van der Waals surface area contributed by atoms with E-state index in [4.69, 9.17) is 15.4 Å². The first kappa shape index (κ1) is 11.9. The van der Waals surface area contributed by atoms with Crippen LogP contribution in [0, 0.1) is 11.3 Å². The van der Waals surface area contributed by atoms with Crippen molar-refractivity contribution in [2.75, 3.05) is 11.1 Å². The molecule has 0 radical (unpaired) electrons. The quantitative estimate of drug-likeness (QED) is 0.847. The van der Waals surface area contributed by atoms with E-state index in [0.29, 0.717) is 29.5 Å². The number of anilines is 2. The lowest BCUT2D eigenvalue weighted by Crippen LogP contribution is -2.05. The Morgan fingerprint density at radius 2 is 2.28 bits per heavy atom. The van der Waals surface area contributed by atoms with Gasteiger partial charge in [0.05, 0.1) is 24.0 Å². The van der Waals surface area contributed by atoms with Gasteiger partial charge in [-0.15, -0.1) is 0 Å². The highest BCUT2D eigenvalue weighted by Gasteiger charge is 2.05. The summed E-state index contributed by atoms with van der Waals surface area (Å²) in [5.41, 5.74) is 6.63. The number of aryl methyl sites for hydroxylation is 1. The van der Waals surface area contributed by atoms with E-state index in [1.54, 1.807) is 12.3 Å². The summed E-state index contributed by atoms with van der Waals surface area (Å²) in [5, 5.41) is 11.7. The summed E-state index contributed by atoms with van der Waals surface area (Å²) in [6.07, 6.45) is 3.97. The molecule has 6 heteroatoms. The van der Waals surface area contributed by atoms with Gasteiger partial charge in [0.15, 0.2) is 0 Å². The van der Waals surface area contributed by atoms with E-state index in [1.165, 1.54) is 6.20 Å². The first-order chi connectivity index (χ1) is 8.72. The van der Waals surface area contributed by atoms with Crippen LogP contribution in [0.1, 0.15) is 24.1 Å². The van der Waals surface area contributed by atoms with E-state index < -0.39 is 0 Å². The minimum atomic E-state index is 0.406. The number of hydrogen-bond acceptors (Lipinski definition) is 6. The van der Waals surface area contributed by atoms with Crippen molar-refractivity contribution in [3.05, 3.63) is 35.7 Å². The fourth-order valence-electron chi connectivity index (χ4n) is 1.44. The van der Waals surface area contributed by atoms with Crippen molar-refractivity contribution in [1.82, 2.24) is 9.97 Å². The molecule has 2 rings (SSSR count). The highest BCUT2D eigenvalue weighted by molar-refractivity contribution is 5.62. The molecule has 0 fully saturated rings. The second kappa shape index (κ2) is 5.19. The van der Waals surface area contributed by atoms with Gasteiger partial charge in [0.25, 0.3) is 0 Å². The van der Waals surface area contributed by atoms with Gasteiger partial charge in [-0.2, -0.15) is 5.26 Å². The number of aromatic nitrogens is 2. The van der Waals surface area contributed by atoms with Crippen LogP contribution in [-0.4, -0.2) is 9.97 Å². The molecule has 2 heterocycles. The molecule has 0 saturated heterocycles. The molecule has 0 aliphatic rings. The molecule has 2 aromatic rings. The molecule has 0 spiro atoms. The lowest BCUT2D eigenvalue weighted by atomic mass is 10.3. The highest BCUT2D eigenvalue weighted by Crippen LogP contribution is 2.16. The number of nitrogen functional groups attached to an aromatic ring is 1. The summed E-state index contributed by atoms with van der Waals surface area (Å²) in [5.74, 6) is 1.94. The SMILES string of the molecule is CCc1cnc(CNc2ncc(C#N)cc2N)o1. The van der Waals surface area contributed by atoms with Gasteiger partial charge >= 0.3 is 0 Å². The zero-order valence-corrected chi connectivity index (χ0v) is 9.97. The standard InChI is InChI=1S/C12H13N5O/c1-2-9-6-15-11(18-9)7-17-12-10(14)3-8(4-13)5-16-12/h3,5-6H,2,7,14H2,1H3,(H,16,17). The van der Waals surface area contributed by atoms with Crippen LogP contribution >= 0.6 is 0 Å². The van der Waals surface area contributed by atoms with Crippen molar-refractivity contribution in [1.29, 1.82) is 5.26 Å². The van der Waals surface area contributed by atoms with Crippen LogP contribution in [0.5, 0.6) is 0 Å². The Balaban J connectivity index is 2.04. The van der Waals surface area contributed by atoms with Crippen molar-refractivity contribution >= 4 is 11.5 Å². The molecule has 0 amide bonds. The number of nitrogens with zero attached hydrogens (tertiary/aromatic N) is 3. The monoisotopic (exact) mass is 243 g/mol. The van der Waals surface area contributed by atoms with Crippen molar-refractivity contribution in [3.8, 4) is 6.07 Å². The lowest BCUT2D eigenvalue weighted by Gasteiger charge is -2.05. The highest BCUT2D eigenvalue weighted by atomic mass is 16.4. The third kappa shape index (κ3) is 2.58. The van der Waals surface area contributed by atoms with Crippen LogP contribution in [0.4, 0.5) is 11.5 Å². The first-order valence-corrected chi connectivity index (χ1v) is 5.56. The molecule has 0 atom stereocenters. The average Bonchev–Trinajstić information content (AvgIpc) is 2.85. The fourth-order valence-corrected chi connectivity index (χ4v) is 1.44. The molecule has 6 nitrogen and oxygen atoms in total. The minimum absolute atomic E-state index is 0.406. The van der Waals surface area contributed by atoms with Gasteiger partial charge in [0.2, 0.25) is 5.89 Å². The molecule has 3 N–H and O–H groups in total. The Hall–Kier alpha value is -2.55. The normalized spacial score (nSPS) is 10.0. The van der Waals surface area contributed by atoms with E-state index in [1.807, 2.05) is 13.0 Å². The molecule has 2 aromatic heterocycles. The Morgan fingerprint density at radius 3 is 2.89 bits per heavy atom.